The summed E-state index contributed by atoms with van der Waals surface area (Å²) in [6, 6.07) is 9.11. The van der Waals surface area contributed by atoms with Crippen LogP contribution in [0.15, 0.2) is 42.7 Å². The lowest BCUT2D eigenvalue weighted by molar-refractivity contribution is -0.165. The summed E-state index contributed by atoms with van der Waals surface area (Å²) in [6.07, 6.45) is 4.53. The second-order valence-electron chi connectivity index (χ2n) is 6.98. The number of aryl methyl sites for hydroxylation is 1. The Balaban J connectivity index is 1.55. The Labute approximate surface area is 157 Å². The van der Waals surface area contributed by atoms with Crippen molar-refractivity contribution < 1.29 is 14.3 Å². The monoisotopic (exact) mass is 366 g/mol. The van der Waals surface area contributed by atoms with Crippen LogP contribution in [0.2, 0.25) is 0 Å². The van der Waals surface area contributed by atoms with Crippen LogP contribution >= 0.6 is 0 Å². The van der Waals surface area contributed by atoms with Gasteiger partial charge in [0.1, 0.15) is 6.61 Å². The number of aromatic nitrogens is 2. The zero-order valence-electron chi connectivity index (χ0n) is 15.2. The number of morpholine rings is 1. The molecule has 2 aliphatic rings. The van der Waals surface area contributed by atoms with Crippen LogP contribution in [-0.2, 0) is 20.9 Å². The lowest BCUT2D eigenvalue weighted by Crippen LogP contribution is -2.55. The third-order valence-corrected chi connectivity index (χ3v) is 4.88. The molecule has 7 heteroatoms. The number of amides is 2. The van der Waals surface area contributed by atoms with E-state index >= 15 is 0 Å². The minimum absolute atomic E-state index is 0.0734. The molecule has 2 atom stereocenters. The van der Waals surface area contributed by atoms with Crippen LogP contribution in [0.1, 0.15) is 35.8 Å². The van der Waals surface area contributed by atoms with Gasteiger partial charge in [0, 0.05) is 24.1 Å². The Hall–Kier alpha value is -2.80. The highest BCUT2D eigenvalue weighted by Crippen LogP contribution is 2.39. The first-order chi connectivity index (χ1) is 13.1. The molecule has 4 rings (SSSR count). The molecule has 1 N–H and O–H groups in total. The van der Waals surface area contributed by atoms with Crippen molar-refractivity contribution in [2.75, 3.05) is 6.61 Å². The molecule has 3 heterocycles. The molecule has 0 unspecified atom stereocenters. The van der Waals surface area contributed by atoms with E-state index in [9.17, 15) is 9.59 Å². The van der Waals surface area contributed by atoms with Crippen molar-refractivity contribution in [2.24, 2.45) is 0 Å². The highest BCUT2D eigenvalue weighted by Gasteiger charge is 2.47. The van der Waals surface area contributed by atoms with Crippen LogP contribution in [0.4, 0.5) is 0 Å². The largest absolute Gasteiger partial charge is 0.356 e. The van der Waals surface area contributed by atoms with E-state index in [1.165, 1.54) is 0 Å². The van der Waals surface area contributed by atoms with E-state index < -0.39 is 12.1 Å². The molecule has 0 radical (unpaired) electrons. The molecule has 0 bridgehead atoms. The summed E-state index contributed by atoms with van der Waals surface area (Å²) in [5, 5.41) is 2.91. The fourth-order valence-corrected chi connectivity index (χ4v) is 3.49. The predicted octanol–water partition coefficient (Wildman–Crippen LogP) is 1.53. The lowest BCUT2D eigenvalue weighted by Gasteiger charge is -2.40. The van der Waals surface area contributed by atoms with Gasteiger partial charge in [-0.3, -0.25) is 19.6 Å². The van der Waals surface area contributed by atoms with Gasteiger partial charge in [0.15, 0.2) is 6.10 Å². The molecule has 2 aromatic rings. The first-order valence-corrected chi connectivity index (χ1v) is 9.16. The van der Waals surface area contributed by atoms with Crippen LogP contribution in [-0.4, -0.2) is 45.4 Å². The normalized spacial score (nSPS) is 22.6. The molecular formula is C20H22N4O3. The van der Waals surface area contributed by atoms with Crippen molar-refractivity contribution in [1.29, 1.82) is 0 Å². The second-order valence-corrected chi connectivity index (χ2v) is 6.98. The highest BCUT2D eigenvalue weighted by atomic mass is 16.5. The average Bonchev–Trinajstić information content (AvgIpc) is 3.51. The Morgan fingerprint density at radius 2 is 2.15 bits per heavy atom. The van der Waals surface area contributed by atoms with Crippen LogP contribution in [0, 0.1) is 6.92 Å². The zero-order chi connectivity index (χ0) is 18.8. The molecule has 0 spiro atoms. The van der Waals surface area contributed by atoms with Gasteiger partial charge >= 0.3 is 0 Å². The molecule has 27 heavy (non-hydrogen) atoms. The van der Waals surface area contributed by atoms with Crippen molar-refractivity contribution in [3.05, 3.63) is 59.7 Å². The summed E-state index contributed by atoms with van der Waals surface area (Å²) in [5.74, 6) is -0.318. The van der Waals surface area contributed by atoms with E-state index in [0.717, 1.165) is 29.8 Å². The quantitative estimate of drug-likeness (QED) is 0.868. The minimum atomic E-state index is -0.766. The van der Waals surface area contributed by atoms with Crippen LogP contribution in [0.3, 0.4) is 0 Å². The smallest absolute Gasteiger partial charge is 0.252 e. The molecule has 2 amide bonds. The summed E-state index contributed by atoms with van der Waals surface area (Å²) in [6.45, 7) is 2.15. The Kier molecular flexibility index (Phi) is 4.85. The number of pyridine rings is 2. The van der Waals surface area contributed by atoms with E-state index in [-0.39, 0.29) is 24.5 Å². The van der Waals surface area contributed by atoms with Gasteiger partial charge in [-0.25, -0.2) is 0 Å². The zero-order valence-corrected chi connectivity index (χ0v) is 15.2. The van der Waals surface area contributed by atoms with E-state index in [1.807, 2.05) is 42.2 Å². The topological polar surface area (TPSA) is 84.4 Å². The molecule has 1 saturated heterocycles. The second kappa shape index (κ2) is 7.44. The molecule has 1 aliphatic carbocycles. The number of hydrogen-bond donors (Lipinski definition) is 1. The maximum absolute atomic E-state index is 12.9. The van der Waals surface area contributed by atoms with Crippen molar-refractivity contribution in [1.82, 2.24) is 20.2 Å². The van der Waals surface area contributed by atoms with Gasteiger partial charge in [-0.1, -0.05) is 12.1 Å². The number of carbonyl (C=O) groups is 2. The fraction of sp³-hybridized carbons (Fsp3) is 0.400. The molecule has 1 saturated carbocycles. The van der Waals surface area contributed by atoms with Crippen molar-refractivity contribution in [3.8, 4) is 0 Å². The third kappa shape index (κ3) is 3.83. The summed E-state index contributed by atoms with van der Waals surface area (Å²) in [4.78, 5) is 35.8. The van der Waals surface area contributed by atoms with Crippen molar-refractivity contribution in [3.63, 3.8) is 0 Å². The van der Waals surface area contributed by atoms with E-state index in [1.54, 1.807) is 12.4 Å². The summed E-state index contributed by atoms with van der Waals surface area (Å²) in [7, 11) is 0. The Bertz CT molecular complexity index is 838. The number of nitrogens with zero attached hydrogens (tertiary/aromatic N) is 3. The third-order valence-electron chi connectivity index (χ3n) is 4.88. The van der Waals surface area contributed by atoms with Gasteiger partial charge in [-0.2, -0.15) is 0 Å². The molecule has 140 valence electrons. The molecule has 2 fully saturated rings. The Morgan fingerprint density at radius 3 is 2.85 bits per heavy atom. The van der Waals surface area contributed by atoms with Gasteiger partial charge in [-0.15, -0.1) is 0 Å². The molecule has 0 aromatic carbocycles. The fourth-order valence-electron chi connectivity index (χ4n) is 3.49. The number of carbonyl (C=O) groups excluding carboxylic acids is 2. The Morgan fingerprint density at radius 1 is 1.30 bits per heavy atom. The van der Waals surface area contributed by atoms with E-state index in [2.05, 4.69) is 15.3 Å². The number of hydrogen-bond acceptors (Lipinski definition) is 5. The standard InChI is InChI=1S/C20H22N4O3/c1-13-4-2-6-15(23-13)11-22-20(26)19-18(14-5-3-9-21-10-14)24(16-7-8-16)17(25)12-27-19/h2-6,9-10,16,18-19H,7-8,11-12H2,1H3,(H,22,26)/t18-,19+/m1/s1. The predicted molar refractivity (Wildman–Crippen MR) is 97.4 cm³/mol. The number of ether oxygens (including phenoxy) is 1. The summed E-state index contributed by atoms with van der Waals surface area (Å²) >= 11 is 0. The highest BCUT2D eigenvalue weighted by molar-refractivity contribution is 5.86. The SMILES string of the molecule is Cc1cccc(CNC(=O)[C@H]2OCC(=O)N(C3CC3)[C@@H]2c2cccnc2)n1. The first-order valence-electron chi connectivity index (χ1n) is 9.16. The number of nitrogens with one attached hydrogen (secondary N) is 1. The lowest BCUT2D eigenvalue weighted by atomic mass is 9.98. The van der Waals surface area contributed by atoms with E-state index in [0.29, 0.717) is 6.54 Å². The summed E-state index contributed by atoms with van der Waals surface area (Å²) < 4.78 is 5.69. The molecule has 2 aromatic heterocycles. The van der Waals surface area contributed by atoms with Crippen LogP contribution < -0.4 is 5.32 Å². The van der Waals surface area contributed by atoms with Gasteiger partial charge in [0.2, 0.25) is 5.91 Å². The molecule has 1 aliphatic heterocycles. The van der Waals surface area contributed by atoms with Crippen LogP contribution in [0.5, 0.6) is 0 Å². The molecule has 7 nitrogen and oxygen atoms in total. The van der Waals surface area contributed by atoms with Crippen LogP contribution in [0.25, 0.3) is 0 Å². The average molecular weight is 366 g/mol. The maximum Gasteiger partial charge on any atom is 0.252 e. The van der Waals surface area contributed by atoms with Gasteiger partial charge in [0.05, 0.1) is 18.3 Å². The number of rotatable bonds is 5. The van der Waals surface area contributed by atoms with Gasteiger partial charge in [-0.05, 0) is 43.5 Å². The van der Waals surface area contributed by atoms with E-state index in [4.69, 9.17) is 4.74 Å². The first kappa shape index (κ1) is 17.6. The van der Waals surface area contributed by atoms with Crippen molar-refractivity contribution >= 4 is 11.8 Å². The molecular weight excluding hydrogens is 344 g/mol. The minimum Gasteiger partial charge on any atom is -0.356 e. The van der Waals surface area contributed by atoms with Crippen molar-refractivity contribution in [2.45, 2.75) is 44.5 Å². The maximum atomic E-state index is 12.9. The van der Waals surface area contributed by atoms with Gasteiger partial charge < -0.3 is 15.0 Å². The summed E-state index contributed by atoms with van der Waals surface area (Å²) in [5.41, 5.74) is 2.49. The van der Waals surface area contributed by atoms with Gasteiger partial charge in [0.25, 0.3) is 5.91 Å².